The summed E-state index contributed by atoms with van der Waals surface area (Å²) in [5.74, 6) is 0.209. The predicted octanol–water partition coefficient (Wildman–Crippen LogP) is 2.49. The number of aliphatic hydroxyl groups excluding tert-OH is 1. The Balaban J connectivity index is 2.29. The smallest absolute Gasteiger partial charge is 0.287 e. The van der Waals surface area contributed by atoms with Crippen LogP contribution in [0.2, 0.25) is 0 Å². The van der Waals surface area contributed by atoms with Crippen molar-refractivity contribution in [2.75, 3.05) is 6.61 Å². The van der Waals surface area contributed by atoms with Crippen molar-refractivity contribution < 1.29 is 14.3 Å². The zero-order valence-electron chi connectivity index (χ0n) is 11.4. The van der Waals surface area contributed by atoms with Gasteiger partial charge in [0.15, 0.2) is 5.76 Å². The number of aryl methyl sites for hydroxylation is 1. The summed E-state index contributed by atoms with van der Waals surface area (Å²) in [6.07, 6.45) is 0. The van der Waals surface area contributed by atoms with Crippen LogP contribution in [0.4, 0.5) is 0 Å². The van der Waals surface area contributed by atoms with E-state index in [1.165, 1.54) is 0 Å². The Morgan fingerprint density at radius 3 is 2.63 bits per heavy atom. The van der Waals surface area contributed by atoms with Gasteiger partial charge in [-0.2, -0.15) is 0 Å². The zero-order chi connectivity index (χ0) is 14.0. The molecular formula is C15H19NO3. The maximum Gasteiger partial charge on any atom is 0.287 e. The Kier molecular flexibility index (Phi) is 3.90. The van der Waals surface area contributed by atoms with E-state index in [4.69, 9.17) is 4.42 Å². The Hall–Kier alpha value is -1.81. The number of fused-ring (bicyclic) bond motifs is 1. The second-order valence-corrected chi connectivity index (χ2v) is 5.06. The van der Waals surface area contributed by atoms with E-state index in [0.29, 0.717) is 11.3 Å². The molecule has 0 spiro atoms. The lowest BCUT2D eigenvalue weighted by Gasteiger charge is -2.19. The van der Waals surface area contributed by atoms with Gasteiger partial charge in [0.25, 0.3) is 5.91 Å². The van der Waals surface area contributed by atoms with Crippen molar-refractivity contribution in [3.8, 4) is 0 Å². The van der Waals surface area contributed by atoms with Crippen LogP contribution in [0.15, 0.2) is 28.7 Å². The second kappa shape index (κ2) is 5.45. The van der Waals surface area contributed by atoms with Gasteiger partial charge in [-0.05, 0) is 18.9 Å². The van der Waals surface area contributed by atoms with Crippen LogP contribution in [-0.4, -0.2) is 23.7 Å². The lowest BCUT2D eigenvalue weighted by Crippen LogP contribution is -2.41. The van der Waals surface area contributed by atoms with E-state index in [9.17, 15) is 9.90 Å². The number of furan rings is 1. The highest BCUT2D eigenvalue weighted by molar-refractivity contribution is 5.99. The fraction of sp³-hybridized carbons (Fsp3) is 0.400. The fourth-order valence-corrected chi connectivity index (χ4v) is 2.05. The lowest BCUT2D eigenvalue weighted by molar-refractivity contribution is 0.0870. The van der Waals surface area contributed by atoms with E-state index in [2.05, 4.69) is 5.32 Å². The Bertz CT molecular complexity index is 586. The molecular weight excluding hydrogens is 242 g/mol. The van der Waals surface area contributed by atoms with Crippen LogP contribution in [0.25, 0.3) is 11.0 Å². The highest BCUT2D eigenvalue weighted by Crippen LogP contribution is 2.24. The number of aliphatic hydroxyl groups is 1. The first-order valence-electron chi connectivity index (χ1n) is 6.44. The van der Waals surface area contributed by atoms with Crippen LogP contribution in [0.5, 0.6) is 0 Å². The van der Waals surface area contributed by atoms with Gasteiger partial charge < -0.3 is 14.8 Å². The minimum absolute atomic E-state index is 0.0807. The lowest BCUT2D eigenvalue weighted by atomic mass is 10.1. The van der Waals surface area contributed by atoms with Crippen molar-refractivity contribution >= 4 is 16.9 Å². The van der Waals surface area contributed by atoms with Crippen LogP contribution in [0.3, 0.4) is 0 Å². The van der Waals surface area contributed by atoms with Gasteiger partial charge in [-0.3, -0.25) is 4.79 Å². The summed E-state index contributed by atoms with van der Waals surface area (Å²) in [5.41, 5.74) is 1.53. The van der Waals surface area contributed by atoms with Crippen molar-refractivity contribution in [1.29, 1.82) is 0 Å². The van der Waals surface area contributed by atoms with Crippen LogP contribution < -0.4 is 5.32 Å². The summed E-state index contributed by atoms with van der Waals surface area (Å²) >= 11 is 0. The Morgan fingerprint density at radius 1 is 1.37 bits per heavy atom. The van der Waals surface area contributed by atoms with Crippen LogP contribution in [0, 0.1) is 12.8 Å². The largest absolute Gasteiger partial charge is 0.451 e. The van der Waals surface area contributed by atoms with Crippen molar-refractivity contribution in [1.82, 2.24) is 5.32 Å². The number of benzene rings is 1. The van der Waals surface area contributed by atoms with Gasteiger partial charge in [0.1, 0.15) is 5.58 Å². The molecule has 1 aromatic carbocycles. The summed E-state index contributed by atoms with van der Waals surface area (Å²) in [6, 6.07) is 7.29. The molecule has 1 unspecified atom stereocenters. The quantitative estimate of drug-likeness (QED) is 0.888. The second-order valence-electron chi connectivity index (χ2n) is 5.06. The van der Waals surface area contributed by atoms with Gasteiger partial charge in [-0.1, -0.05) is 32.0 Å². The van der Waals surface area contributed by atoms with Crippen molar-refractivity contribution in [2.45, 2.75) is 26.8 Å². The Labute approximate surface area is 112 Å². The van der Waals surface area contributed by atoms with Crippen molar-refractivity contribution in [3.63, 3.8) is 0 Å². The number of hydrogen-bond donors (Lipinski definition) is 2. The summed E-state index contributed by atoms with van der Waals surface area (Å²) < 4.78 is 5.59. The minimum Gasteiger partial charge on any atom is -0.451 e. The number of amides is 1. The molecule has 0 fully saturated rings. The standard InChI is InChI=1S/C15H19NO3/c1-9(2)12(8-17)16-15(18)14-10(3)11-6-4-5-7-13(11)19-14/h4-7,9,12,17H,8H2,1-3H3,(H,16,18). The molecule has 19 heavy (non-hydrogen) atoms. The van der Waals surface area contributed by atoms with E-state index in [1.54, 1.807) is 0 Å². The summed E-state index contributed by atoms with van der Waals surface area (Å²) in [6.45, 7) is 5.69. The van der Waals surface area contributed by atoms with Crippen LogP contribution in [0.1, 0.15) is 30.0 Å². The molecule has 2 rings (SSSR count). The zero-order valence-corrected chi connectivity index (χ0v) is 11.4. The molecule has 0 radical (unpaired) electrons. The van der Waals surface area contributed by atoms with Gasteiger partial charge in [-0.25, -0.2) is 0 Å². The van der Waals surface area contributed by atoms with Gasteiger partial charge in [0.05, 0.1) is 12.6 Å². The van der Waals surface area contributed by atoms with E-state index < -0.39 is 0 Å². The van der Waals surface area contributed by atoms with E-state index in [1.807, 2.05) is 45.0 Å². The molecule has 1 atom stereocenters. The molecule has 0 saturated carbocycles. The number of nitrogens with one attached hydrogen (secondary N) is 1. The first-order chi connectivity index (χ1) is 9.04. The highest BCUT2D eigenvalue weighted by atomic mass is 16.3. The highest BCUT2D eigenvalue weighted by Gasteiger charge is 2.21. The molecule has 4 heteroatoms. The van der Waals surface area contributed by atoms with Gasteiger partial charge in [0, 0.05) is 10.9 Å². The van der Waals surface area contributed by atoms with Gasteiger partial charge in [0.2, 0.25) is 0 Å². The first kappa shape index (κ1) is 13.6. The summed E-state index contributed by atoms with van der Waals surface area (Å²) in [5, 5.41) is 13.0. The average Bonchev–Trinajstić information content (AvgIpc) is 2.73. The van der Waals surface area contributed by atoms with Crippen LogP contribution >= 0.6 is 0 Å². The third-order valence-electron chi connectivity index (χ3n) is 3.37. The molecule has 1 aromatic heterocycles. The maximum absolute atomic E-state index is 12.2. The first-order valence-corrected chi connectivity index (χ1v) is 6.44. The third kappa shape index (κ3) is 2.63. The molecule has 0 aliphatic carbocycles. The molecule has 0 bridgehead atoms. The SMILES string of the molecule is Cc1c(C(=O)NC(CO)C(C)C)oc2ccccc12. The minimum atomic E-state index is -0.276. The molecule has 1 heterocycles. The monoisotopic (exact) mass is 261 g/mol. The normalized spacial score (nSPS) is 12.9. The number of carbonyl (C=O) groups excluding carboxylic acids is 1. The predicted molar refractivity (Wildman–Crippen MR) is 74.1 cm³/mol. The Morgan fingerprint density at radius 2 is 2.05 bits per heavy atom. The van der Waals surface area contributed by atoms with E-state index in [0.717, 1.165) is 10.9 Å². The third-order valence-corrected chi connectivity index (χ3v) is 3.37. The summed E-state index contributed by atoms with van der Waals surface area (Å²) in [4.78, 5) is 12.2. The topological polar surface area (TPSA) is 62.5 Å². The van der Waals surface area contributed by atoms with Gasteiger partial charge >= 0.3 is 0 Å². The van der Waals surface area contributed by atoms with Crippen molar-refractivity contribution in [3.05, 3.63) is 35.6 Å². The number of hydrogen-bond acceptors (Lipinski definition) is 3. The number of carbonyl (C=O) groups is 1. The molecule has 0 saturated heterocycles. The number of rotatable bonds is 4. The molecule has 102 valence electrons. The number of para-hydroxylation sites is 1. The van der Waals surface area contributed by atoms with E-state index in [-0.39, 0.29) is 24.5 Å². The van der Waals surface area contributed by atoms with Crippen LogP contribution in [-0.2, 0) is 0 Å². The maximum atomic E-state index is 12.2. The molecule has 0 aliphatic heterocycles. The average molecular weight is 261 g/mol. The molecule has 2 aromatic rings. The molecule has 1 amide bonds. The molecule has 2 N–H and O–H groups in total. The van der Waals surface area contributed by atoms with E-state index >= 15 is 0 Å². The summed E-state index contributed by atoms with van der Waals surface area (Å²) in [7, 11) is 0. The molecule has 4 nitrogen and oxygen atoms in total. The molecule has 0 aliphatic rings. The van der Waals surface area contributed by atoms with Gasteiger partial charge in [-0.15, -0.1) is 0 Å². The fourth-order valence-electron chi connectivity index (χ4n) is 2.05. The van der Waals surface area contributed by atoms with Crippen molar-refractivity contribution in [2.24, 2.45) is 5.92 Å².